The number of ether oxygens (including phenoxy) is 1. The van der Waals surface area contributed by atoms with E-state index in [4.69, 9.17) is 4.74 Å². The molecule has 0 radical (unpaired) electrons. The third-order valence-electron chi connectivity index (χ3n) is 2.36. The van der Waals surface area contributed by atoms with Crippen LogP contribution >= 0.6 is 47.8 Å². The van der Waals surface area contributed by atoms with E-state index in [2.05, 4.69) is 58.1 Å². The van der Waals surface area contributed by atoms with Gasteiger partial charge in [-0.3, -0.25) is 0 Å². The van der Waals surface area contributed by atoms with Gasteiger partial charge in [0.05, 0.1) is 4.47 Å². The molecule has 2 aromatic rings. The first-order valence-corrected chi connectivity index (χ1v) is 7.90. The van der Waals surface area contributed by atoms with Crippen LogP contribution < -0.4 is 10.1 Å². The average molecular weight is 451 g/mol. The van der Waals surface area contributed by atoms with Crippen molar-refractivity contribution in [3.05, 3.63) is 49.4 Å². The maximum atomic E-state index is 5.86. The van der Waals surface area contributed by atoms with Gasteiger partial charge in [-0.15, -0.1) is 0 Å². The molecule has 6 heteroatoms. The zero-order valence-electron chi connectivity index (χ0n) is 10.1. The van der Waals surface area contributed by atoms with Crippen molar-refractivity contribution in [1.82, 2.24) is 10.3 Å². The Morgan fingerprint density at radius 2 is 1.95 bits per heavy atom. The summed E-state index contributed by atoms with van der Waals surface area (Å²) >= 11 is 10.3. The number of halogens is 3. The van der Waals surface area contributed by atoms with Gasteiger partial charge in [0.1, 0.15) is 5.75 Å². The monoisotopic (exact) mass is 448 g/mol. The number of benzene rings is 1. The molecular formula is C13H11Br3N2O. The quantitative estimate of drug-likeness (QED) is 0.720. The van der Waals surface area contributed by atoms with Gasteiger partial charge in [0.15, 0.2) is 0 Å². The van der Waals surface area contributed by atoms with Crippen molar-refractivity contribution in [2.75, 3.05) is 7.05 Å². The number of hydrogen-bond acceptors (Lipinski definition) is 3. The molecule has 0 bridgehead atoms. The zero-order valence-corrected chi connectivity index (χ0v) is 14.8. The third-order valence-corrected chi connectivity index (χ3v) is 3.91. The number of rotatable bonds is 4. The summed E-state index contributed by atoms with van der Waals surface area (Å²) in [6, 6.07) is 7.75. The molecular weight excluding hydrogens is 440 g/mol. The lowest BCUT2D eigenvalue weighted by Gasteiger charge is -2.11. The van der Waals surface area contributed by atoms with Gasteiger partial charge in [0.2, 0.25) is 5.88 Å². The van der Waals surface area contributed by atoms with E-state index in [1.165, 1.54) is 0 Å². The van der Waals surface area contributed by atoms with Gasteiger partial charge in [-0.05, 0) is 63.2 Å². The smallest absolute Gasteiger partial charge is 0.223 e. The number of nitrogens with one attached hydrogen (secondary N) is 1. The lowest BCUT2D eigenvalue weighted by Crippen LogP contribution is -2.07. The molecule has 0 spiro atoms. The highest BCUT2D eigenvalue weighted by molar-refractivity contribution is 9.11. The number of aromatic nitrogens is 1. The Morgan fingerprint density at radius 1 is 1.16 bits per heavy atom. The zero-order chi connectivity index (χ0) is 13.8. The van der Waals surface area contributed by atoms with Crippen LogP contribution in [0.25, 0.3) is 0 Å². The van der Waals surface area contributed by atoms with Crippen molar-refractivity contribution >= 4 is 47.8 Å². The van der Waals surface area contributed by atoms with Gasteiger partial charge in [0.25, 0.3) is 0 Å². The molecule has 100 valence electrons. The molecule has 19 heavy (non-hydrogen) atoms. The summed E-state index contributed by atoms with van der Waals surface area (Å²) < 4.78 is 8.66. The summed E-state index contributed by atoms with van der Waals surface area (Å²) in [5.74, 6) is 1.33. The molecule has 0 saturated heterocycles. The topological polar surface area (TPSA) is 34.2 Å². The Kier molecular flexibility index (Phi) is 5.38. The average Bonchev–Trinajstić information content (AvgIpc) is 2.36. The first-order valence-electron chi connectivity index (χ1n) is 5.52. The van der Waals surface area contributed by atoms with Crippen LogP contribution in [-0.4, -0.2) is 12.0 Å². The van der Waals surface area contributed by atoms with Crippen LogP contribution in [-0.2, 0) is 6.54 Å². The van der Waals surface area contributed by atoms with E-state index in [0.29, 0.717) is 12.4 Å². The maximum absolute atomic E-state index is 5.86. The van der Waals surface area contributed by atoms with Crippen molar-refractivity contribution in [3.63, 3.8) is 0 Å². The van der Waals surface area contributed by atoms with Crippen LogP contribution in [0.4, 0.5) is 0 Å². The Balaban J connectivity index is 2.32. The van der Waals surface area contributed by atoms with E-state index in [-0.39, 0.29) is 0 Å². The summed E-state index contributed by atoms with van der Waals surface area (Å²) in [7, 11) is 1.89. The fourth-order valence-corrected chi connectivity index (χ4v) is 3.05. The number of nitrogens with zero attached hydrogens (tertiary/aromatic N) is 1. The summed E-state index contributed by atoms with van der Waals surface area (Å²) in [6.07, 6.45) is 1.72. The molecule has 1 aromatic heterocycles. The Morgan fingerprint density at radius 3 is 2.63 bits per heavy atom. The highest BCUT2D eigenvalue weighted by atomic mass is 79.9. The SMILES string of the molecule is CNCc1cc(Br)cnc1Oc1ccc(Br)cc1Br. The second-order valence-corrected chi connectivity index (χ2v) is 6.51. The molecule has 3 nitrogen and oxygen atoms in total. The molecule has 1 heterocycles. The summed E-state index contributed by atoms with van der Waals surface area (Å²) in [6.45, 7) is 0.690. The molecule has 1 aromatic carbocycles. The fourth-order valence-electron chi connectivity index (χ4n) is 1.54. The van der Waals surface area contributed by atoms with Gasteiger partial charge in [0, 0.05) is 27.3 Å². The van der Waals surface area contributed by atoms with E-state index < -0.39 is 0 Å². The second kappa shape index (κ2) is 6.83. The Labute approximate surface area is 137 Å². The molecule has 0 aliphatic heterocycles. The van der Waals surface area contributed by atoms with Gasteiger partial charge in [-0.2, -0.15) is 0 Å². The first-order chi connectivity index (χ1) is 9.10. The fraction of sp³-hybridized carbons (Fsp3) is 0.154. The van der Waals surface area contributed by atoms with E-state index in [9.17, 15) is 0 Å². The van der Waals surface area contributed by atoms with Crippen LogP contribution in [0.15, 0.2) is 43.9 Å². The van der Waals surface area contributed by atoms with E-state index in [1.807, 2.05) is 31.3 Å². The summed E-state index contributed by atoms with van der Waals surface area (Å²) in [5.41, 5.74) is 0.992. The van der Waals surface area contributed by atoms with E-state index in [0.717, 1.165) is 24.7 Å². The molecule has 0 fully saturated rings. The molecule has 0 atom stereocenters. The molecule has 1 N–H and O–H groups in total. The minimum Gasteiger partial charge on any atom is -0.438 e. The second-order valence-electron chi connectivity index (χ2n) is 3.82. The minimum absolute atomic E-state index is 0.598. The van der Waals surface area contributed by atoms with Gasteiger partial charge >= 0.3 is 0 Å². The molecule has 0 saturated carbocycles. The van der Waals surface area contributed by atoms with Crippen molar-refractivity contribution in [3.8, 4) is 11.6 Å². The van der Waals surface area contributed by atoms with Crippen LogP contribution in [0, 0.1) is 0 Å². The molecule has 2 rings (SSSR count). The van der Waals surface area contributed by atoms with Crippen LogP contribution in [0.2, 0.25) is 0 Å². The van der Waals surface area contributed by atoms with Crippen molar-refractivity contribution in [2.45, 2.75) is 6.54 Å². The Bertz CT molecular complexity index is 590. The predicted octanol–water partition coefficient (Wildman–Crippen LogP) is 4.88. The third kappa shape index (κ3) is 4.02. The maximum Gasteiger partial charge on any atom is 0.223 e. The summed E-state index contributed by atoms with van der Waals surface area (Å²) in [5, 5.41) is 3.10. The van der Waals surface area contributed by atoms with Crippen LogP contribution in [0.5, 0.6) is 11.6 Å². The van der Waals surface area contributed by atoms with Crippen LogP contribution in [0.1, 0.15) is 5.56 Å². The molecule has 0 aliphatic carbocycles. The predicted molar refractivity (Wildman–Crippen MR) is 86.6 cm³/mol. The summed E-state index contributed by atoms with van der Waals surface area (Å²) in [4.78, 5) is 4.31. The molecule has 0 unspecified atom stereocenters. The lowest BCUT2D eigenvalue weighted by atomic mass is 10.2. The highest BCUT2D eigenvalue weighted by Crippen LogP contribution is 2.33. The highest BCUT2D eigenvalue weighted by Gasteiger charge is 2.09. The standard InChI is InChI=1S/C13H11Br3N2O/c1-17-6-8-4-10(15)7-18-13(8)19-12-3-2-9(14)5-11(12)16/h2-5,7,17H,6H2,1H3. The van der Waals surface area contributed by atoms with Crippen molar-refractivity contribution < 1.29 is 4.74 Å². The van der Waals surface area contributed by atoms with E-state index in [1.54, 1.807) is 6.20 Å². The first kappa shape index (κ1) is 15.0. The lowest BCUT2D eigenvalue weighted by molar-refractivity contribution is 0.451. The number of hydrogen-bond donors (Lipinski definition) is 1. The largest absolute Gasteiger partial charge is 0.438 e. The van der Waals surface area contributed by atoms with Gasteiger partial charge in [-0.1, -0.05) is 15.9 Å². The van der Waals surface area contributed by atoms with Crippen molar-refractivity contribution in [1.29, 1.82) is 0 Å². The van der Waals surface area contributed by atoms with Crippen molar-refractivity contribution in [2.24, 2.45) is 0 Å². The minimum atomic E-state index is 0.598. The normalized spacial score (nSPS) is 10.5. The van der Waals surface area contributed by atoms with Crippen LogP contribution in [0.3, 0.4) is 0 Å². The van der Waals surface area contributed by atoms with Gasteiger partial charge in [-0.25, -0.2) is 4.98 Å². The van der Waals surface area contributed by atoms with Gasteiger partial charge < -0.3 is 10.1 Å². The Hall–Kier alpha value is -0.430. The molecule has 0 aliphatic rings. The molecule has 0 amide bonds. The number of pyridine rings is 1. The van der Waals surface area contributed by atoms with E-state index >= 15 is 0 Å².